The van der Waals surface area contributed by atoms with Crippen LogP contribution in [0.3, 0.4) is 0 Å². The van der Waals surface area contributed by atoms with Crippen LogP contribution in [-0.2, 0) is 21.5 Å². The average molecular weight is 356 g/mol. The molecule has 0 fully saturated rings. The number of hydrogen-bond donors (Lipinski definition) is 1. The topological polar surface area (TPSA) is 54.4 Å². The highest BCUT2D eigenvalue weighted by Crippen LogP contribution is 2.42. The fraction of sp³-hybridized carbons (Fsp3) is 0.100. The second-order valence-electron chi connectivity index (χ2n) is 5.77. The van der Waals surface area contributed by atoms with Gasteiger partial charge in [0.2, 0.25) is 0 Å². The van der Waals surface area contributed by atoms with Crippen LogP contribution >= 0.6 is 0 Å². The molecule has 3 aromatic rings. The van der Waals surface area contributed by atoms with Gasteiger partial charge in [0.05, 0.1) is 0 Å². The number of benzene rings is 3. The molecule has 0 aromatic heterocycles. The molecule has 0 saturated carbocycles. The minimum absolute atomic E-state index is 0.199. The maximum atomic E-state index is 16.5. The summed E-state index contributed by atoms with van der Waals surface area (Å²) >= 11 is 0. The molecule has 0 aliphatic carbocycles. The van der Waals surface area contributed by atoms with E-state index in [-0.39, 0.29) is 11.1 Å². The van der Waals surface area contributed by atoms with Gasteiger partial charge in [0.25, 0.3) is 10.1 Å². The molecular weight excluding hydrogens is 339 g/mol. The summed E-state index contributed by atoms with van der Waals surface area (Å²) in [6.07, 6.45) is 0. The first-order chi connectivity index (χ1) is 11.9. The van der Waals surface area contributed by atoms with Crippen LogP contribution < -0.4 is 0 Å². The molecule has 128 valence electrons. The largest absolute Gasteiger partial charge is 0.285 e. The van der Waals surface area contributed by atoms with E-state index in [1.165, 1.54) is 6.07 Å². The van der Waals surface area contributed by atoms with Crippen LogP contribution in [0.5, 0.6) is 0 Å². The van der Waals surface area contributed by atoms with Gasteiger partial charge in [0.15, 0.2) is 5.67 Å². The Morgan fingerprint density at radius 3 is 1.68 bits per heavy atom. The smallest absolute Gasteiger partial charge is 0.269 e. The van der Waals surface area contributed by atoms with E-state index in [1.807, 2.05) is 0 Å². The maximum absolute atomic E-state index is 16.5. The van der Waals surface area contributed by atoms with Crippen molar-refractivity contribution in [2.24, 2.45) is 0 Å². The monoisotopic (exact) mass is 356 g/mol. The van der Waals surface area contributed by atoms with Crippen LogP contribution in [0.4, 0.5) is 4.39 Å². The Kier molecular flexibility index (Phi) is 4.70. The third kappa shape index (κ3) is 3.62. The fourth-order valence-corrected chi connectivity index (χ4v) is 3.64. The van der Waals surface area contributed by atoms with E-state index in [4.69, 9.17) is 0 Å². The normalized spacial score (nSPS) is 12.1. The third-order valence-corrected chi connectivity index (χ3v) is 4.75. The van der Waals surface area contributed by atoms with Gasteiger partial charge in [-0.3, -0.25) is 4.55 Å². The van der Waals surface area contributed by atoms with Crippen LogP contribution in [0.15, 0.2) is 84.9 Å². The Bertz CT molecular complexity index is 915. The fourth-order valence-electron chi connectivity index (χ4n) is 2.99. The molecule has 0 heterocycles. The van der Waals surface area contributed by atoms with Gasteiger partial charge in [-0.2, -0.15) is 8.42 Å². The first-order valence-corrected chi connectivity index (χ1v) is 9.36. The number of halogens is 1. The molecule has 0 bridgehead atoms. The van der Waals surface area contributed by atoms with E-state index in [0.717, 1.165) is 0 Å². The molecular formula is C20H17FO3S. The van der Waals surface area contributed by atoms with Crippen LogP contribution in [0.1, 0.15) is 22.3 Å². The second-order valence-corrected chi connectivity index (χ2v) is 7.23. The van der Waals surface area contributed by atoms with Crippen LogP contribution in [-0.4, -0.2) is 13.0 Å². The Balaban J connectivity index is 2.28. The van der Waals surface area contributed by atoms with Gasteiger partial charge in [-0.15, -0.1) is 0 Å². The zero-order valence-corrected chi connectivity index (χ0v) is 14.2. The molecule has 0 aliphatic heterocycles. The Morgan fingerprint density at radius 1 is 0.760 bits per heavy atom. The van der Waals surface area contributed by atoms with E-state index < -0.39 is 21.5 Å². The highest BCUT2D eigenvalue weighted by atomic mass is 32.2. The third-order valence-electron chi connectivity index (χ3n) is 4.07. The first kappa shape index (κ1) is 17.3. The van der Waals surface area contributed by atoms with Gasteiger partial charge in [-0.25, -0.2) is 4.39 Å². The molecule has 0 unspecified atom stereocenters. The number of hydrogen-bond acceptors (Lipinski definition) is 2. The maximum Gasteiger partial charge on any atom is 0.269 e. The van der Waals surface area contributed by atoms with Crippen molar-refractivity contribution in [3.63, 3.8) is 0 Å². The van der Waals surface area contributed by atoms with Gasteiger partial charge in [0, 0.05) is 5.56 Å². The predicted octanol–water partition coefficient (Wildman–Crippen LogP) is 4.34. The number of rotatable bonds is 5. The average Bonchev–Trinajstić information content (AvgIpc) is 2.62. The lowest BCUT2D eigenvalue weighted by atomic mass is 9.80. The summed E-state index contributed by atoms with van der Waals surface area (Å²) in [6.45, 7) is 0. The molecule has 3 nitrogen and oxygen atoms in total. The second kappa shape index (κ2) is 6.78. The molecule has 1 N–H and O–H groups in total. The molecule has 5 heteroatoms. The molecule has 3 aromatic carbocycles. The van der Waals surface area contributed by atoms with Crippen molar-refractivity contribution in [1.82, 2.24) is 0 Å². The SMILES string of the molecule is O=S(=O)(O)Cc1ccccc1C(F)(c1ccccc1)c1ccccc1. The Hall–Kier alpha value is -2.50. The highest BCUT2D eigenvalue weighted by Gasteiger charge is 2.38. The van der Waals surface area contributed by atoms with E-state index >= 15 is 4.39 Å². The molecule has 0 aliphatic rings. The summed E-state index contributed by atoms with van der Waals surface area (Å²) in [4.78, 5) is 0. The van der Waals surface area contributed by atoms with E-state index in [0.29, 0.717) is 11.1 Å². The van der Waals surface area contributed by atoms with Crippen molar-refractivity contribution >= 4 is 10.1 Å². The summed E-state index contributed by atoms with van der Waals surface area (Å²) in [5.74, 6) is -0.644. The predicted molar refractivity (Wildman–Crippen MR) is 95.6 cm³/mol. The standard InChI is InChI=1S/C20H17FO3S/c21-20(17-10-3-1-4-11-17,18-12-5-2-6-13-18)19-14-8-7-9-16(19)15-25(22,23)24/h1-14H,15H2,(H,22,23,24). The summed E-state index contributed by atoms with van der Waals surface area (Å²) in [7, 11) is -4.29. The summed E-state index contributed by atoms with van der Waals surface area (Å²) in [5, 5.41) is 0. The molecule has 0 atom stereocenters. The molecule has 25 heavy (non-hydrogen) atoms. The van der Waals surface area contributed by atoms with E-state index in [9.17, 15) is 13.0 Å². The van der Waals surface area contributed by atoms with Crippen molar-refractivity contribution in [2.75, 3.05) is 0 Å². The Labute approximate surface area is 146 Å². The molecule has 0 saturated heterocycles. The lowest BCUT2D eigenvalue weighted by Gasteiger charge is -2.29. The van der Waals surface area contributed by atoms with E-state index in [1.54, 1.807) is 78.9 Å². The van der Waals surface area contributed by atoms with Crippen molar-refractivity contribution in [1.29, 1.82) is 0 Å². The highest BCUT2D eigenvalue weighted by molar-refractivity contribution is 7.85. The van der Waals surface area contributed by atoms with Crippen molar-refractivity contribution in [2.45, 2.75) is 11.4 Å². The Morgan fingerprint density at radius 2 is 1.20 bits per heavy atom. The van der Waals surface area contributed by atoms with Crippen molar-refractivity contribution in [3.8, 4) is 0 Å². The zero-order valence-electron chi connectivity index (χ0n) is 13.3. The lowest BCUT2D eigenvalue weighted by molar-refractivity contribution is 0.279. The van der Waals surface area contributed by atoms with Crippen molar-refractivity contribution in [3.05, 3.63) is 107 Å². The van der Waals surface area contributed by atoms with Crippen LogP contribution in [0.2, 0.25) is 0 Å². The minimum Gasteiger partial charge on any atom is -0.285 e. The molecule has 0 spiro atoms. The summed E-state index contributed by atoms with van der Waals surface area (Å²) < 4.78 is 48.6. The summed E-state index contributed by atoms with van der Waals surface area (Å²) in [6, 6.07) is 23.5. The van der Waals surface area contributed by atoms with Crippen LogP contribution in [0.25, 0.3) is 0 Å². The lowest BCUT2D eigenvalue weighted by Crippen LogP contribution is -2.26. The quantitative estimate of drug-likeness (QED) is 0.547. The van der Waals surface area contributed by atoms with Crippen molar-refractivity contribution < 1.29 is 17.4 Å². The molecule has 0 radical (unpaired) electrons. The van der Waals surface area contributed by atoms with Crippen LogP contribution in [0, 0.1) is 0 Å². The zero-order chi connectivity index (χ0) is 17.9. The van der Waals surface area contributed by atoms with Gasteiger partial charge >= 0.3 is 0 Å². The minimum atomic E-state index is -4.29. The first-order valence-electron chi connectivity index (χ1n) is 7.75. The van der Waals surface area contributed by atoms with Gasteiger partial charge in [0.1, 0.15) is 5.75 Å². The molecule has 3 rings (SSSR count). The van der Waals surface area contributed by atoms with Gasteiger partial charge in [-0.1, -0.05) is 84.9 Å². The van der Waals surface area contributed by atoms with Gasteiger partial charge < -0.3 is 0 Å². The number of alkyl halides is 1. The van der Waals surface area contributed by atoms with Gasteiger partial charge in [-0.05, 0) is 16.7 Å². The molecule has 0 amide bonds. The van der Waals surface area contributed by atoms with E-state index in [2.05, 4.69) is 0 Å². The summed E-state index contributed by atoms with van der Waals surface area (Å²) in [5.41, 5.74) is -0.831.